The van der Waals surface area contributed by atoms with Gasteiger partial charge < -0.3 is 16.0 Å². The molecule has 1 saturated heterocycles. The molecule has 1 aromatic carbocycles. The van der Waals surface area contributed by atoms with Gasteiger partial charge in [0.05, 0.1) is 6.54 Å². The molecule has 7 heteroatoms. The second kappa shape index (κ2) is 10.3. The van der Waals surface area contributed by atoms with Gasteiger partial charge in [0.1, 0.15) is 5.82 Å². The van der Waals surface area contributed by atoms with Crippen LogP contribution in [0.3, 0.4) is 0 Å². The molecule has 0 aromatic heterocycles. The van der Waals surface area contributed by atoms with E-state index in [-0.39, 0.29) is 49.7 Å². The van der Waals surface area contributed by atoms with E-state index in [0.29, 0.717) is 24.1 Å². The average molecular weight is 358 g/mol. The van der Waals surface area contributed by atoms with E-state index < -0.39 is 0 Å². The van der Waals surface area contributed by atoms with Crippen LogP contribution in [-0.4, -0.2) is 29.8 Å². The number of benzene rings is 1. The smallest absolute Gasteiger partial charge is 0.239 e. The molecule has 5 nitrogen and oxygen atoms in total. The van der Waals surface area contributed by atoms with Crippen LogP contribution in [0.1, 0.15) is 43.2 Å². The molecule has 0 bridgehead atoms. The van der Waals surface area contributed by atoms with Crippen LogP contribution in [0.25, 0.3) is 0 Å². The van der Waals surface area contributed by atoms with E-state index >= 15 is 0 Å². The summed E-state index contributed by atoms with van der Waals surface area (Å²) in [6, 6.07) is 4.74. The molecular formula is C17H25ClFN3O2. The highest BCUT2D eigenvalue weighted by atomic mass is 35.5. The highest BCUT2D eigenvalue weighted by Crippen LogP contribution is 2.12. The van der Waals surface area contributed by atoms with Crippen LogP contribution in [0.15, 0.2) is 18.2 Å². The maximum atomic E-state index is 13.8. The monoisotopic (exact) mass is 357 g/mol. The summed E-state index contributed by atoms with van der Waals surface area (Å²) in [6.45, 7) is 1.05. The number of halogens is 2. The lowest BCUT2D eigenvalue weighted by molar-refractivity contribution is -0.136. The first-order valence-corrected chi connectivity index (χ1v) is 8.12. The third kappa shape index (κ3) is 6.09. The zero-order chi connectivity index (χ0) is 16.7. The third-order valence-corrected chi connectivity index (χ3v) is 4.09. The highest BCUT2D eigenvalue weighted by molar-refractivity contribution is 5.85. The Morgan fingerprint density at radius 3 is 2.71 bits per heavy atom. The Kier molecular flexibility index (Phi) is 8.71. The zero-order valence-corrected chi connectivity index (χ0v) is 14.5. The summed E-state index contributed by atoms with van der Waals surface area (Å²) in [5.41, 5.74) is 6.58. The van der Waals surface area contributed by atoms with Crippen molar-refractivity contribution in [1.29, 1.82) is 0 Å². The van der Waals surface area contributed by atoms with E-state index in [9.17, 15) is 14.0 Å². The van der Waals surface area contributed by atoms with E-state index in [1.165, 1.54) is 6.07 Å². The molecule has 0 atom stereocenters. The number of carbonyl (C=O) groups is 2. The second-order valence-corrected chi connectivity index (χ2v) is 5.89. The van der Waals surface area contributed by atoms with Gasteiger partial charge in [-0.05, 0) is 24.5 Å². The summed E-state index contributed by atoms with van der Waals surface area (Å²) >= 11 is 0. The third-order valence-electron chi connectivity index (χ3n) is 4.09. The lowest BCUT2D eigenvalue weighted by Gasteiger charge is -2.24. The lowest BCUT2D eigenvalue weighted by Crippen LogP contribution is -2.41. The Labute approximate surface area is 148 Å². The van der Waals surface area contributed by atoms with Crippen LogP contribution in [0.2, 0.25) is 0 Å². The largest absolute Gasteiger partial charge is 0.350 e. The molecule has 0 unspecified atom stereocenters. The molecule has 0 radical (unpaired) electrons. The first-order valence-electron chi connectivity index (χ1n) is 8.12. The summed E-state index contributed by atoms with van der Waals surface area (Å²) in [5.74, 6) is -0.616. The number of hydrogen-bond donors (Lipinski definition) is 2. The van der Waals surface area contributed by atoms with Gasteiger partial charge in [-0.15, -0.1) is 12.4 Å². The molecule has 0 saturated carbocycles. The molecule has 1 fully saturated rings. The SMILES string of the molecule is Cl.NCc1ccc(CNC(=O)CN2CCCCCCC2=O)c(F)c1. The van der Waals surface area contributed by atoms with Crippen molar-refractivity contribution in [1.82, 2.24) is 10.2 Å². The number of rotatable bonds is 5. The molecule has 0 aliphatic carbocycles. The Balaban J connectivity index is 0.00000288. The quantitative estimate of drug-likeness (QED) is 0.847. The predicted octanol–water partition coefficient (Wildman–Crippen LogP) is 2.12. The Morgan fingerprint density at radius 2 is 2.00 bits per heavy atom. The van der Waals surface area contributed by atoms with Gasteiger partial charge in [0.15, 0.2) is 0 Å². The molecule has 0 spiro atoms. The Hall–Kier alpha value is -1.66. The van der Waals surface area contributed by atoms with Crippen molar-refractivity contribution in [3.8, 4) is 0 Å². The normalized spacial score (nSPS) is 15.2. The van der Waals surface area contributed by atoms with Crippen molar-refractivity contribution in [3.05, 3.63) is 35.1 Å². The highest BCUT2D eigenvalue weighted by Gasteiger charge is 2.18. The number of carbonyl (C=O) groups excluding carboxylic acids is 2. The maximum Gasteiger partial charge on any atom is 0.239 e. The van der Waals surface area contributed by atoms with E-state index in [1.54, 1.807) is 17.0 Å². The fraction of sp³-hybridized carbons (Fsp3) is 0.529. The molecular weight excluding hydrogens is 333 g/mol. The van der Waals surface area contributed by atoms with Crippen molar-refractivity contribution in [2.75, 3.05) is 13.1 Å². The van der Waals surface area contributed by atoms with Crippen LogP contribution in [0.5, 0.6) is 0 Å². The first kappa shape index (κ1) is 20.4. The number of likely N-dealkylation sites (tertiary alicyclic amines) is 1. The van der Waals surface area contributed by atoms with Crippen LogP contribution in [0.4, 0.5) is 4.39 Å². The number of hydrogen-bond acceptors (Lipinski definition) is 3. The van der Waals surface area contributed by atoms with Gasteiger partial charge in [0, 0.05) is 31.6 Å². The molecule has 1 aliphatic heterocycles. The van der Waals surface area contributed by atoms with Gasteiger partial charge >= 0.3 is 0 Å². The van der Waals surface area contributed by atoms with Crippen molar-refractivity contribution < 1.29 is 14.0 Å². The molecule has 1 aromatic rings. The summed E-state index contributed by atoms with van der Waals surface area (Å²) in [4.78, 5) is 25.6. The molecule has 24 heavy (non-hydrogen) atoms. The van der Waals surface area contributed by atoms with Crippen molar-refractivity contribution in [3.63, 3.8) is 0 Å². The minimum Gasteiger partial charge on any atom is -0.350 e. The molecule has 134 valence electrons. The van der Waals surface area contributed by atoms with Crippen LogP contribution < -0.4 is 11.1 Å². The first-order chi connectivity index (χ1) is 11.1. The van der Waals surface area contributed by atoms with E-state index in [2.05, 4.69) is 5.32 Å². The van der Waals surface area contributed by atoms with Gasteiger partial charge in [-0.3, -0.25) is 9.59 Å². The fourth-order valence-corrected chi connectivity index (χ4v) is 2.67. The summed E-state index contributed by atoms with van der Waals surface area (Å²) in [6.07, 6.45) is 4.47. The van der Waals surface area contributed by atoms with Crippen molar-refractivity contribution >= 4 is 24.2 Å². The minimum absolute atomic E-state index is 0. The van der Waals surface area contributed by atoms with Gasteiger partial charge in [-0.1, -0.05) is 25.0 Å². The van der Waals surface area contributed by atoms with Crippen molar-refractivity contribution in [2.24, 2.45) is 5.73 Å². The number of nitrogens with zero attached hydrogens (tertiary/aromatic N) is 1. The lowest BCUT2D eigenvalue weighted by atomic mass is 10.1. The van der Waals surface area contributed by atoms with Crippen molar-refractivity contribution in [2.45, 2.75) is 45.2 Å². The summed E-state index contributed by atoms with van der Waals surface area (Å²) in [7, 11) is 0. The number of nitrogens with one attached hydrogen (secondary N) is 1. The van der Waals surface area contributed by atoms with Crippen LogP contribution in [-0.2, 0) is 22.7 Å². The summed E-state index contributed by atoms with van der Waals surface area (Å²) in [5, 5.41) is 2.68. The minimum atomic E-state index is -0.379. The summed E-state index contributed by atoms with van der Waals surface area (Å²) < 4.78 is 13.8. The van der Waals surface area contributed by atoms with Crippen LogP contribution >= 0.6 is 12.4 Å². The molecule has 1 aliphatic rings. The number of nitrogens with two attached hydrogens (primary N) is 1. The van der Waals surface area contributed by atoms with E-state index in [1.807, 2.05) is 0 Å². The predicted molar refractivity (Wildman–Crippen MR) is 93.1 cm³/mol. The topological polar surface area (TPSA) is 75.4 Å². The zero-order valence-electron chi connectivity index (χ0n) is 13.7. The maximum absolute atomic E-state index is 13.8. The van der Waals surface area contributed by atoms with Gasteiger partial charge in [0.2, 0.25) is 11.8 Å². The molecule has 2 amide bonds. The van der Waals surface area contributed by atoms with Gasteiger partial charge in [-0.25, -0.2) is 4.39 Å². The standard InChI is InChI=1S/C17H24FN3O2.ClH/c18-15-9-13(10-19)6-7-14(15)11-20-16(22)12-21-8-4-2-1-3-5-17(21)23;/h6-7,9H,1-5,8,10-12,19H2,(H,20,22);1H. The number of amides is 2. The van der Waals surface area contributed by atoms with Gasteiger partial charge in [-0.2, -0.15) is 0 Å². The van der Waals surface area contributed by atoms with Gasteiger partial charge in [0.25, 0.3) is 0 Å². The van der Waals surface area contributed by atoms with E-state index in [0.717, 1.165) is 25.7 Å². The molecule has 3 N–H and O–H groups in total. The van der Waals surface area contributed by atoms with Crippen LogP contribution in [0, 0.1) is 5.82 Å². The average Bonchev–Trinajstić information content (AvgIpc) is 2.53. The molecule has 1 heterocycles. The van der Waals surface area contributed by atoms with E-state index in [4.69, 9.17) is 5.73 Å². The Morgan fingerprint density at radius 1 is 1.25 bits per heavy atom. The fourth-order valence-electron chi connectivity index (χ4n) is 2.67. The molecule has 2 rings (SSSR count). The Bertz CT molecular complexity index is 569. The second-order valence-electron chi connectivity index (χ2n) is 5.89.